The van der Waals surface area contributed by atoms with Gasteiger partial charge in [-0.25, -0.2) is 0 Å². The highest BCUT2D eigenvalue weighted by Gasteiger charge is 2.27. The molecule has 1 aliphatic rings. The smallest absolute Gasteiger partial charge is 0.227 e. The summed E-state index contributed by atoms with van der Waals surface area (Å²) < 4.78 is 5.06. The van der Waals surface area contributed by atoms with Crippen molar-refractivity contribution in [2.24, 2.45) is 5.73 Å². The van der Waals surface area contributed by atoms with Gasteiger partial charge in [-0.2, -0.15) is 0 Å². The molecule has 0 aromatic heterocycles. The zero-order valence-corrected chi connectivity index (χ0v) is 9.35. The van der Waals surface area contributed by atoms with Gasteiger partial charge in [-0.1, -0.05) is 12.1 Å². The molecule has 0 bridgehead atoms. The first kappa shape index (κ1) is 11.0. The van der Waals surface area contributed by atoms with Gasteiger partial charge in [-0.15, -0.1) is 0 Å². The second kappa shape index (κ2) is 4.53. The standard InChI is InChI=1S/C12H16N2O2/c1-16-11-4-2-9(3-5-11)6-12(15)14-7-10(13)8-14/h2-5,10H,6-8,13H2,1H3. The first-order valence-electron chi connectivity index (χ1n) is 5.35. The van der Waals surface area contributed by atoms with Crippen molar-refractivity contribution in [3.63, 3.8) is 0 Å². The van der Waals surface area contributed by atoms with Crippen LogP contribution < -0.4 is 10.5 Å². The molecule has 86 valence electrons. The van der Waals surface area contributed by atoms with E-state index in [-0.39, 0.29) is 11.9 Å². The van der Waals surface area contributed by atoms with Crippen LogP contribution in [-0.4, -0.2) is 37.0 Å². The van der Waals surface area contributed by atoms with Crippen LogP contribution in [0.5, 0.6) is 5.75 Å². The van der Waals surface area contributed by atoms with Gasteiger partial charge < -0.3 is 15.4 Å². The Bertz CT molecular complexity index is 369. The van der Waals surface area contributed by atoms with Gasteiger partial charge in [0.1, 0.15) is 5.75 Å². The number of ether oxygens (including phenoxy) is 1. The molecule has 1 heterocycles. The molecule has 1 amide bonds. The molecule has 16 heavy (non-hydrogen) atoms. The number of hydrogen-bond acceptors (Lipinski definition) is 3. The van der Waals surface area contributed by atoms with Gasteiger partial charge in [0.2, 0.25) is 5.91 Å². The molecule has 4 heteroatoms. The maximum absolute atomic E-state index is 11.7. The van der Waals surface area contributed by atoms with Crippen LogP contribution in [0.25, 0.3) is 0 Å². The predicted molar refractivity (Wildman–Crippen MR) is 61.3 cm³/mol. The van der Waals surface area contributed by atoms with Crippen molar-refractivity contribution in [2.75, 3.05) is 20.2 Å². The number of carbonyl (C=O) groups is 1. The largest absolute Gasteiger partial charge is 0.497 e. The number of amides is 1. The molecule has 0 saturated carbocycles. The topological polar surface area (TPSA) is 55.6 Å². The molecular formula is C12H16N2O2. The Labute approximate surface area is 95.0 Å². The lowest BCUT2D eigenvalue weighted by atomic mass is 10.1. The molecule has 4 nitrogen and oxygen atoms in total. The van der Waals surface area contributed by atoms with Crippen LogP contribution in [0.1, 0.15) is 5.56 Å². The average molecular weight is 220 g/mol. The van der Waals surface area contributed by atoms with E-state index in [0.717, 1.165) is 11.3 Å². The van der Waals surface area contributed by atoms with E-state index in [0.29, 0.717) is 19.5 Å². The summed E-state index contributed by atoms with van der Waals surface area (Å²) in [5, 5.41) is 0. The summed E-state index contributed by atoms with van der Waals surface area (Å²) in [6.07, 6.45) is 0.441. The molecular weight excluding hydrogens is 204 g/mol. The fourth-order valence-electron chi connectivity index (χ4n) is 1.75. The van der Waals surface area contributed by atoms with E-state index in [4.69, 9.17) is 10.5 Å². The third-order valence-corrected chi connectivity index (χ3v) is 2.78. The number of rotatable bonds is 3. The van der Waals surface area contributed by atoms with Gasteiger partial charge in [0, 0.05) is 19.1 Å². The highest BCUT2D eigenvalue weighted by Crippen LogP contribution is 2.14. The Kier molecular flexibility index (Phi) is 3.10. The van der Waals surface area contributed by atoms with Crippen LogP contribution in [0.4, 0.5) is 0 Å². The number of methoxy groups -OCH3 is 1. The van der Waals surface area contributed by atoms with Gasteiger partial charge in [0.15, 0.2) is 0 Å². The zero-order valence-electron chi connectivity index (χ0n) is 9.35. The number of nitrogens with two attached hydrogens (primary N) is 1. The van der Waals surface area contributed by atoms with Crippen LogP contribution >= 0.6 is 0 Å². The van der Waals surface area contributed by atoms with Crippen LogP contribution in [0.2, 0.25) is 0 Å². The van der Waals surface area contributed by atoms with E-state index < -0.39 is 0 Å². The van der Waals surface area contributed by atoms with Crippen molar-refractivity contribution in [1.82, 2.24) is 4.90 Å². The lowest BCUT2D eigenvalue weighted by molar-refractivity contribution is -0.134. The van der Waals surface area contributed by atoms with Crippen molar-refractivity contribution >= 4 is 5.91 Å². The minimum Gasteiger partial charge on any atom is -0.497 e. The van der Waals surface area contributed by atoms with Gasteiger partial charge in [-0.05, 0) is 17.7 Å². The maximum Gasteiger partial charge on any atom is 0.227 e. The van der Waals surface area contributed by atoms with Crippen molar-refractivity contribution < 1.29 is 9.53 Å². The Balaban J connectivity index is 1.90. The number of hydrogen-bond donors (Lipinski definition) is 1. The fraction of sp³-hybridized carbons (Fsp3) is 0.417. The summed E-state index contributed by atoms with van der Waals surface area (Å²) >= 11 is 0. The minimum atomic E-state index is 0.145. The first-order valence-corrected chi connectivity index (χ1v) is 5.35. The van der Waals surface area contributed by atoms with Crippen molar-refractivity contribution in [3.05, 3.63) is 29.8 Å². The van der Waals surface area contributed by atoms with Gasteiger partial charge in [0.25, 0.3) is 0 Å². The molecule has 0 atom stereocenters. The molecule has 1 aromatic rings. The predicted octanol–water partition coefficient (Wildman–Crippen LogP) is 0.407. The Hall–Kier alpha value is -1.55. The van der Waals surface area contributed by atoms with Crippen molar-refractivity contribution in [2.45, 2.75) is 12.5 Å². The van der Waals surface area contributed by atoms with E-state index in [1.165, 1.54) is 0 Å². The molecule has 0 unspecified atom stereocenters. The SMILES string of the molecule is COc1ccc(CC(=O)N2CC(N)C2)cc1. The molecule has 1 fully saturated rings. The fourth-order valence-corrected chi connectivity index (χ4v) is 1.75. The Morgan fingerprint density at radius 2 is 2.06 bits per heavy atom. The summed E-state index contributed by atoms with van der Waals surface area (Å²) in [7, 11) is 1.63. The number of likely N-dealkylation sites (tertiary alicyclic amines) is 1. The maximum atomic E-state index is 11.7. The number of carbonyl (C=O) groups excluding carboxylic acids is 1. The Morgan fingerprint density at radius 3 is 2.56 bits per heavy atom. The highest BCUT2D eigenvalue weighted by atomic mass is 16.5. The summed E-state index contributed by atoms with van der Waals surface area (Å²) in [5.74, 6) is 0.953. The Morgan fingerprint density at radius 1 is 1.44 bits per heavy atom. The van der Waals surface area contributed by atoms with E-state index >= 15 is 0 Å². The molecule has 0 aliphatic carbocycles. The van der Waals surface area contributed by atoms with Crippen LogP contribution in [0, 0.1) is 0 Å². The molecule has 1 saturated heterocycles. The average Bonchev–Trinajstić information content (AvgIpc) is 2.26. The van der Waals surface area contributed by atoms with E-state index in [1.54, 1.807) is 12.0 Å². The summed E-state index contributed by atoms with van der Waals surface area (Å²) in [5.41, 5.74) is 6.63. The molecule has 2 rings (SSSR count). The molecule has 0 radical (unpaired) electrons. The molecule has 1 aromatic carbocycles. The summed E-state index contributed by atoms with van der Waals surface area (Å²) in [6, 6.07) is 7.72. The number of benzene rings is 1. The molecule has 2 N–H and O–H groups in total. The number of nitrogens with zero attached hydrogens (tertiary/aromatic N) is 1. The summed E-state index contributed by atoms with van der Waals surface area (Å²) in [6.45, 7) is 1.38. The van der Waals surface area contributed by atoms with Crippen molar-refractivity contribution in [1.29, 1.82) is 0 Å². The lowest BCUT2D eigenvalue weighted by Gasteiger charge is -2.36. The lowest BCUT2D eigenvalue weighted by Crippen LogP contribution is -2.58. The molecule has 1 aliphatic heterocycles. The minimum absolute atomic E-state index is 0.145. The van der Waals surface area contributed by atoms with Gasteiger partial charge in [0.05, 0.1) is 13.5 Å². The second-order valence-corrected chi connectivity index (χ2v) is 4.08. The van der Waals surface area contributed by atoms with E-state index in [9.17, 15) is 4.79 Å². The van der Waals surface area contributed by atoms with Crippen LogP contribution in [0.15, 0.2) is 24.3 Å². The van der Waals surface area contributed by atoms with E-state index in [2.05, 4.69) is 0 Å². The monoisotopic (exact) mass is 220 g/mol. The quantitative estimate of drug-likeness (QED) is 0.802. The second-order valence-electron chi connectivity index (χ2n) is 4.08. The van der Waals surface area contributed by atoms with Gasteiger partial charge >= 0.3 is 0 Å². The summed E-state index contributed by atoms with van der Waals surface area (Å²) in [4.78, 5) is 13.5. The van der Waals surface area contributed by atoms with Gasteiger partial charge in [-0.3, -0.25) is 4.79 Å². The van der Waals surface area contributed by atoms with E-state index in [1.807, 2.05) is 24.3 Å². The zero-order chi connectivity index (χ0) is 11.5. The highest BCUT2D eigenvalue weighted by molar-refractivity contribution is 5.79. The normalized spacial score (nSPS) is 15.8. The third kappa shape index (κ3) is 2.33. The van der Waals surface area contributed by atoms with Crippen LogP contribution in [-0.2, 0) is 11.2 Å². The van der Waals surface area contributed by atoms with Crippen LogP contribution in [0.3, 0.4) is 0 Å². The molecule has 0 spiro atoms. The first-order chi connectivity index (χ1) is 7.69. The third-order valence-electron chi connectivity index (χ3n) is 2.78. The van der Waals surface area contributed by atoms with Crippen molar-refractivity contribution in [3.8, 4) is 5.75 Å².